The lowest BCUT2D eigenvalue weighted by Crippen LogP contribution is -2.27. The van der Waals surface area contributed by atoms with Gasteiger partial charge in [0.2, 0.25) is 5.91 Å². The van der Waals surface area contributed by atoms with Crippen molar-refractivity contribution in [3.8, 4) is 0 Å². The summed E-state index contributed by atoms with van der Waals surface area (Å²) in [6, 6.07) is 10.0. The lowest BCUT2D eigenvalue weighted by atomic mass is 10.3. The third-order valence-electron chi connectivity index (χ3n) is 4.76. The molecule has 0 aliphatic rings. The average Bonchev–Trinajstić information content (AvgIpc) is 3.20. The fourth-order valence-corrected chi connectivity index (χ4v) is 3.38. The minimum Gasteiger partial charge on any atom is -0.356 e. The molecule has 1 amide bonds. The second-order valence-corrected chi connectivity index (χ2v) is 6.98. The predicted octanol–water partition coefficient (Wildman–Crippen LogP) is 1.92. The summed E-state index contributed by atoms with van der Waals surface area (Å²) in [6.45, 7) is 4.45. The highest BCUT2D eigenvalue weighted by Gasteiger charge is 2.12. The summed E-state index contributed by atoms with van der Waals surface area (Å²) >= 11 is 0. The topological polar surface area (TPSA) is 90.0 Å². The Balaban J connectivity index is 1.31. The van der Waals surface area contributed by atoms with E-state index >= 15 is 0 Å². The quantitative estimate of drug-likeness (QED) is 0.519. The molecule has 0 saturated heterocycles. The van der Waals surface area contributed by atoms with Gasteiger partial charge in [-0.25, -0.2) is 14.5 Å². The Labute approximate surface area is 162 Å². The van der Waals surface area contributed by atoms with Crippen LogP contribution in [0.3, 0.4) is 0 Å². The van der Waals surface area contributed by atoms with Crippen LogP contribution in [-0.2, 0) is 24.7 Å². The molecule has 8 heteroatoms. The number of imidazole rings is 1. The first kappa shape index (κ1) is 18.1. The summed E-state index contributed by atoms with van der Waals surface area (Å²) in [5.41, 5.74) is 3.96. The predicted molar refractivity (Wildman–Crippen MR) is 106 cm³/mol. The van der Waals surface area contributed by atoms with Gasteiger partial charge in [0, 0.05) is 31.4 Å². The SMILES string of the molecule is Cc1cc(C)n2nc(CC(=O)NCCCc3nc4ccccc4n3C)nc2n1. The maximum absolute atomic E-state index is 12.2. The van der Waals surface area contributed by atoms with Crippen LogP contribution in [0, 0.1) is 13.8 Å². The Hall–Kier alpha value is -3.29. The number of nitrogens with one attached hydrogen (secondary N) is 1. The van der Waals surface area contributed by atoms with Crippen molar-refractivity contribution < 1.29 is 4.79 Å². The summed E-state index contributed by atoms with van der Waals surface area (Å²) in [7, 11) is 2.02. The fraction of sp³-hybridized carbons (Fsp3) is 0.350. The molecule has 8 nitrogen and oxygen atoms in total. The van der Waals surface area contributed by atoms with E-state index in [1.165, 1.54) is 0 Å². The van der Waals surface area contributed by atoms with E-state index in [0.717, 1.165) is 41.1 Å². The molecule has 0 saturated carbocycles. The maximum atomic E-state index is 12.2. The molecule has 144 valence electrons. The summed E-state index contributed by atoms with van der Waals surface area (Å²) in [5, 5.41) is 7.31. The molecule has 0 spiro atoms. The van der Waals surface area contributed by atoms with E-state index in [4.69, 9.17) is 0 Å². The number of para-hydroxylation sites is 2. The van der Waals surface area contributed by atoms with Gasteiger partial charge in [-0.2, -0.15) is 4.98 Å². The first-order valence-corrected chi connectivity index (χ1v) is 9.38. The van der Waals surface area contributed by atoms with Gasteiger partial charge in [-0.1, -0.05) is 12.1 Å². The van der Waals surface area contributed by atoms with E-state index in [9.17, 15) is 4.79 Å². The molecule has 0 bridgehead atoms. The maximum Gasteiger partial charge on any atom is 0.252 e. The number of aromatic nitrogens is 6. The number of carbonyl (C=O) groups excluding carboxylic acids is 1. The minimum atomic E-state index is -0.0877. The molecule has 0 atom stereocenters. The molecule has 0 aliphatic carbocycles. The van der Waals surface area contributed by atoms with Crippen LogP contribution >= 0.6 is 0 Å². The number of nitrogens with zero attached hydrogens (tertiary/aromatic N) is 6. The minimum absolute atomic E-state index is 0.0877. The van der Waals surface area contributed by atoms with Crippen molar-refractivity contribution >= 4 is 22.7 Å². The summed E-state index contributed by atoms with van der Waals surface area (Å²) in [6.07, 6.45) is 1.77. The number of hydrogen-bond acceptors (Lipinski definition) is 5. The van der Waals surface area contributed by atoms with E-state index in [1.54, 1.807) is 4.52 Å². The van der Waals surface area contributed by atoms with Crippen molar-refractivity contribution in [2.24, 2.45) is 7.05 Å². The number of hydrogen-bond donors (Lipinski definition) is 1. The zero-order valence-electron chi connectivity index (χ0n) is 16.3. The van der Waals surface area contributed by atoms with Crippen LogP contribution in [0.25, 0.3) is 16.8 Å². The molecule has 0 fully saturated rings. The van der Waals surface area contributed by atoms with E-state index < -0.39 is 0 Å². The van der Waals surface area contributed by atoms with E-state index in [2.05, 4.69) is 36.0 Å². The van der Waals surface area contributed by atoms with Crippen LogP contribution in [0.2, 0.25) is 0 Å². The van der Waals surface area contributed by atoms with E-state index in [-0.39, 0.29) is 12.3 Å². The standard InChI is InChI=1S/C20H23N7O/c1-13-11-14(2)27-20(22-13)24-17(25-27)12-19(28)21-10-6-9-18-23-15-7-4-5-8-16(15)26(18)3/h4-5,7-8,11H,6,9-10,12H2,1-3H3,(H,21,28). The number of rotatable bonds is 6. The van der Waals surface area contributed by atoms with Gasteiger partial charge in [-0.15, -0.1) is 5.10 Å². The molecular weight excluding hydrogens is 354 g/mol. The van der Waals surface area contributed by atoms with Crippen molar-refractivity contribution in [2.75, 3.05) is 6.54 Å². The molecular formula is C20H23N7O. The lowest BCUT2D eigenvalue weighted by Gasteiger charge is -2.04. The first-order chi connectivity index (χ1) is 13.5. The zero-order valence-corrected chi connectivity index (χ0v) is 16.3. The average molecular weight is 377 g/mol. The van der Waals surface area contributed by atoms with Crippen molar-refractivity contribution in [2.45, 2.75) is 33.1 Å². The van der Waals surface area contributed by atoms with Gasteiger partial charge in [0.05, 0.1) is 17.5 Å². The van der Waals surface area contributed by atoms with Gasteiger partial charge in [-0.3, -0.25) is 4.79 Å². The molecule has 1 N–H and O–H groups in total. The van der Waals surface area contributed by atoms with Crippen molar-refractivity contribution in [3.05, 3.63) is 53.4 Å². The van der Waals surface area contributed by atoms with Crippen molar-refractivity contribution in [3.63, 3.8) is 0 Å². The highest BCUT2D eigenvalue weighted by molar-refractivity contribution is 5.78. The van der Waals surface area contributed by atoms with Crippen LogP contribution in [-0.4, -0.2) is 41.6 Å². The molecule has 4 rings (SSSR count). The Morgan fingerprint density at radius 1 is 1.14 bits per heavy atom. The second-order valence-electron chi connectivity index (χ2n) is 6.98. The molecule has 0 radical (unpaired) electrons. The molecule has 0 aliphatic heterocycles. The van der Waals surface area contributed by atoms with Gasteiger partial charge in [0.15, 0.2) is 5.82 Å². The summed E-state index contributed by atoms with van der Waals surface area (Å²) in [4.78, 5) is 25.6. The van der Waals surface area contributed by atoms with Crippen LogP contribution in [0.4, 0.5) is 0 Å². The third-order valence-corrected chi connectivity index (χ3v) is 4.76. The Morgan fingerprint density at radius 3 is 2.79 bits per heavy atom. The second kappa shape index (κ2) is 7.38. The number of benzene rings is 1. The zero-order chi connectivity index (χ0) is 19.7. The molecule has 1 aromatic carbocycles. The Bertz CT molecular complexity index is 1160. The number of carbonyl (C=O) groups is 1. The Kier molecular flexibility index (Phi) is 4.77. The number of amides is 1. The number of aryl methyl sites for hydroxylation is 4. The van der Waals surface area contributed by atoms with Crippen molar-refractivity contribution in [1.29, 1.82) is 0 Å². The summed E-state index contributed by atoms with van der Waals surface area (Å²) < 4.78 is 3.77. The van der Waals surface area contributed by atoms with E-state index in [0.29, 0.717) is 18.1 Å². The van der Waals surface area contributed by atoms with Gasteiger partial charge in [0.25, 0.3) is 5.78 Å². The van der Waals surface area contributed by atoms with Gasteiger partial charge in [-0.05, 0) is 38.5 Å². The third kappa shape index (κ3) is 3.58. The monoisotopic (exact) mass is 377 g/mol. The van der Waals surface area contributed by atoms with Crippen LogP contribution in [0.5, 0.6) is 0 Å². The van der Waals surface area contributed by atoms with Crippen LogP contribution < -0.4 is 5.32 Å². The summed E-state index contributed by atoms with van der Waals surface area (Å²) in [5.74, 6) is 1.95. The lowest BCUT2D eigenvalue weighted by molar-refractivity contribution is -0.120. The molecule has 3 heterocycles. The normalized spacial score (nSPS) is 11.4. The van der Waals surface area contributed by atoms with Crippen molar-refractivity contribution in [1.82, 2.24) is 34.4 Å². The largest absolute Gasteiger partial charge is 0.356 e. The highest BCUT2D eigenvalue weighted by Crippen LogP contribution is 2.15. The molecule has 28 heavy (non-hydrogen) atoms. The van der Waals surface area contributed by atoms with Gasteiger partial charge in [0.1, 0.15) is 5.82 Å². The Morgan fingerprint density at radius 2 is 1.96 bits per heavy atom. The number of fused-ring (bicyclic) bond motifs is 2. The van der Waals surface area contributed by atoms with Crippen LogP contribution in [0.1, 0.15) is 29.5 Å². The highest BCUT2D eigenvalue weighted by atomic mass is 16.1. The molecule has 3 aromatic heterocycles. The van der Waals surface area contributed by atoms with E-state index in [1.807, 2.05) is 45.2 Å². The van der Waals surface area contributed by atoms with Gasteiger partial charge >= 0.3 is 0 Å². The molecule has 0 unspecified atom stereocenters. The molecule has 4 aromatic rings. The van der Waals surface area contributed by atoms with Gasteiger partial charge < -0.3 is 9.88 Å². The van der Waals surface area contributed by atoms with Crippen LogP contribution in [0.15, 0.2) is 30.3 Å². The first-order valence-electron chi connectivity index (χ1n) is 9.38. The smallest absolute Gasteiger partial charge is 0.252 e. The fourth-order valence-electron chi connectivity index (χ4n) is 3.38.